The van der Waals surface area contributed by atoms with Crippen molar-refractivity contribution in [2.45, 2.75) is 32.9 Å². The number of hydrogen-bond donors (Lipinski definition) is 2. The van der Waals surface area contributed by atoms with Crippen LogP contribution in [0.15, 0.2) is 4.52 Å². The first-order valence-corrected chi connectivity index (χ1v) is 4.36. The molecule has 0 aliphatic rings. The Morgan fingerprint density at radius 1 is 1.62 bits per heavy atom. The molecule has 0 fully saturated rings. The third-order valence-corrected chi connectivity index (χ3v) is 1.74. The van der Waals surface area contributed by atoms with Gasteiger partial charge in [-0.05, 0) is 13.3 Å². The van der Waals surface area contributed by atoms with E-state index in [1.54, 1.807) is 6.92 Å². The van der Waals surface area contributed by atoms with E-state index in [0.29, 0.717) is 18.3 Å². The van der Waals surface area contributed by atoms with Crippen molar-refractivity contribution in [3.05, 3.63) is 11.7 Å². The molecule has 0 amide bonds. The van der Waals surface area contributed by atoms with Gasteiger partial charge in [0.2, 0.25) is 5.89 Å². The fraction of sp³-hybridized carbons (Fsp3) is 0.750. The number of aliphatic hydroxyl groups is 1. The Morgan fingerprint density at radius 2 is 2.38 bits per heavy atom. The van der Waals surface area contributed by atoms with Crippen molar-refractivity contribution < 1.29 is 9.63 Å². The van der Waals surface area contributed by atoms with E-state index < -0.39 is 0 Å². The Labute approximate surface area is 77.2 Å². The van der Waals surface area contributed by atoms with E-state index in [2.05, 4.69) is 15.5 Å². The number of aliphatic hydroxyl groups excluding tert-OH is 1. The summed E-state index contributed by atoms with van der Waals surface area (Å²) in [6, 6.07) is 0.267. The van der Waals surface area contributed by atoms with Gasteiger partial charge in [0.15, 0.2) is 5.82 Å². The minimum absolute atomic E-state index is 0.194. The summed E-state index contributed by atoms with van der Waals surface area (Å²) < 4.78 is 4.81. The smallest absolute Gasteiger partial charge is 0.223 e. The summed E-state index contributed by atoms with van der Waals surface area (Å²) in [7, 11) is 0. The maximum absolute atomic E-state index is 8.65. The zero-order chi connectivity index (χ0) is 9.68. The molecular formula is C8H15N3O2. The van der Waals surface area contributed by atoms with Crippen molar-refractivity contribution in [3.63, 3.8) is 0 Å². The molecule has 1 rings (SSSR count). The van der Waals surface area contributed by atoms with Crippen LogP contribution in [0.1, 0.15) is 25.1 Å². The first-order valence-electron chi connectivity index (χ1n) is 4.36. The maximum Gasteiger partial charge on any atom is 0.223 e. The first-order chi connectivity index (χ1) is 6.22. The molecule has 0 saturated heterocycles. The molecule has 13 heavy (non-hydrogen) atoms. The summed E-state index contributed by atoms with van der Waals surface area (Å²) in [5.74, 6) is 1.23. The minimum atomic E-state index is 0.194. The molecule has 0 aliphatic heterocycles. The molecule has 0 aromatic carbocycles. The van der Waals surface area contributed by atoms with Crippen LogP contribution in [-0.2, 0) is 6.54 Å². The van der Waals surface area contributed by atoms with Gasteiger partial charge in [0, 0.05) is 19.6 Å². The molecule has 2 N–H and O–H groups in total. The summed E-state index contributed by atoms with van der Waals surface area (Å²) in [6.07, 6.45) is 0.733. The van der Waals surface area contributed by atoms with E-state index in [0.717, 1.165) is 6.42 Å². The van der Waals surface area contributed by atoms with Crippen molar-refractivity contribution in [2.75, 3.05) is 6.61 Å². The predicted molar refractivity (Wildman–Crippen MR) is 47.0 cm³/mol. The fourth-order valence-electron chi connectivity index (χ4n) is 0.974. The van der Waals surface area contributed by atoms with Gasteiger partial charge < -0.3 is 14.9 Å². The lowest BCUT2D eigenvalue weighted by molar-refractivity contribution is 0.268. The summed E-state index contributed by atoms with van der Waals surface area (Å²) >= 11 is 0. The van der Waals surface area contributed by atoms with Crippen LogP contribution >= 0.6 is 0 Å². The number of nitrogens with zero attached hydrogens (tertiary/aromatic N) is 2. The highest BCUT2D eigenvalue weighted by Crippen LogP contribution is 1.96. The number of aryl methyl sites for hydroxylation is 1. The van der Waals surface area contributed by atoms with Crippen molar-refractivity contribution in [1.29, 1.82) is 0 Å². The Kier molecular flexibility index (Phi) is 3.85. The monoisotopic (exact) mass is 185 g/mol. The standard InChI is InChI=1S/C8H15N3O2/c1-6(3-4-12)9-5-8-10-7(2)13-11-8/h6,9,12H,3-5H2,1-2H3. The van der Waals surface area contributed by atoms with Gasteiger partial charge in [0.25, 0.3) is 0 Å². The first kappa shape index (κ1) is 10.1. The highest BCUT2D eigenvalue weighted by Gasteiger charge is 2.04. The lowest BCUT2D eigenvalue weighted by Crippen LogP contribution is -2.26. The fourth-order valence-corrected chi connectivity index (χ4v) is 0.974. The van der Waals surface area contributed by atoms with E-state index in [1.165, 1.54) is 0 Å². The van der Waals surface area contributed by atoms with E-state index in [9.17, 15) is 0 Å². The molecule has 1 heterocycles. The third-order valence-electron chi connectivity index (χ3n) is 1.74. The molecule has 0 radical (unpaired) electrons. The zero-order valence-electron chi connectivity index (χ0n) is 7.95. The molecule has 0 spiro atoms. The largest absolute Gasteiger partial charge is 0.396 e. The molecule has 1 aromatic rings. The van der Waals surface area contributed by atoms with E-state index in [-0.39, 0.29) is 12.6 Å². The summed E-state index contributed by atoms with van der Waals surface area (Å²) in [5.41, 5.74) is 0. The van der Waals surface area contributed by atoms with Gasteiger partial charge in [-0.25, -0.2) is 0 Å². The maximum atomic E-state index is 8.65. The molecule has 0 aliphatic carbocycles. The summed E-state index contributed by atoms with van der Waals surface area (Å²) in [6.45, 7) is 4.54. The third kappa shape index (κ3) is 3.52. The van der Waals surface area contributed by atoms with Gasteiger partial charge >= 0.3 is 0 Å². The van der Waals surface area contributed by atoms with Crippen molar-refractivity contribution >= 4 is 0 Å². The number of hydrogen-bond acceptors (Lipinski definition) is 5. The average Bonchev–Trinajstić information content (AvgIpc) is 2.49. The molecule has 74 valence electrons. The SMILES string of the molecule is Cc1nc(CNC(C)CCO)no1. The Morgan fingerprint density at radius 3 is 2.92 bits per heavy atom. The number of aromatic nitrogens is 2. The predicted octanol–water partition coefficient (Wildman–Crippen LogP) is 0.239. The Bertz CT molecular complexity index is 249. The number of rotatable bonds is 5. The second kappa shape index (κ2) is 4.94. The van der Waals surface area contributed by atoms with Gasteiger partial charge in [0.1, 0.15) is 0 Å². The highest BCUT2D eigenvalue weighted by atomic mass is 16.5. The second-order valence-corrected chi connectivity index (χ2v) is 3.02. The van der Waals surface area contributed by atoms with Gasteiger partial charge in [0.05, 0.1) is 6.54 Å². The Hall–Kier alpha value is -0.940. The van der Waals surface area contributed by atoms with Gasteiger partial charge in [-0.2, -0.15) is 4.98 Å². The van der Waals surface area contributed by atoms with Crippen molar-refractivity contribution in [1.82, 2.24) is 15.5 Å². The van der Waals surface area contributed by atoms with E-state index >= 15 is 0 Å². The zero-order valence-corrected chi connectivity index (χ0v) is 7.95. The van der Waals surface area contributed by atoms with Crippen LogP contribution < -0.4 is 5.32 Å². The van der Waals surface area contributed by atoms with E-state index in [4.69, 9.17) is 9.63 Å². The van der Waals surface area contributed by atoms with Gasteiger partial charge in [-0.15, -0.1) is 0 Å². The van der Waals surface area contributed by atoms with Crippen LogP contribution in [0.2, 0.25) is 0 Å². The Balaban J connectivity index is 2.26. The molecule has 5 nitrogen and oxygen atoms in total. The number of nitrogens with one attached hydrogen (secondary N) is 1. The normalized spacial score (nSPS) is 13.2. The average molecular weight is 185 g/mol. The van der Waals surface area contributed by atoms with Crippen LogP contribution in [0, 0.1) is 6.92 Å². The lowest BCUT2D eigenvalue weighted by Gasteiger charge is -2.09. The molecule has 5 heteroatoms. The highest BCUT2D eigenvalue weighted by molar-refractivity contribution is 4.83. The van der Waals surface area contributed by atoms with Crippen LogP contribution in [-0.4, -0.2) is 27.9 Å². The van der Waals surface area contributed by atoms with Crippen molar-refractivity contribution in [3.8, 4) is 0 Å². The summed E-state index contributed by atoms with van der Waals surface area (Å²) in [5, 5.41) is 15.6. The minimum Gasteiger partial charge on any atom is -0.396 e. The molecule has 1 aromatic heterocycles. The van der Waals surface area contributed by atoms with Gasteiger partial charge in [-0.1, -0.05) is 5.16 Å². The molecule has 0 saturated carbocycles. The second-order valence-electron chi connectivity index (χ2n) is 3.02. The van der Waals surface area contributed by atoms with Crippen LogP contribution in [0.3, 0.4) is 0 Å². The molecule has 1 atom stereocenters. The van der Waals surface area contributed by atoms with Crippen LogP contribution in [0.5, 0.6) is 0 Å². The topological polar surface area (TPSA) is 71.2 Å². The lowest BCUT2D eigenvalue weighted by atomic mass is 10.2. The van der Waals surface area contributed by atoms with E-state index in [1.807, 2.05) is 6.92 Å². The van der Waals surface area contributed by atoms with Crippen LogP contribution in [0.4, 0.5) is 0 Å². The summed E-state index contributed by atoms with van der Waals surface area (Å²) in [4.78, 5) is 4.04. The van der Waals surface area contributed by atoms with Crippen LogP contribution in [0.25, 0.3) is 0 Å². The molecule has 1 unspecified atom stereocenters. The molecule has 0 bridgehead atoms. The molecular weight excluding hydrogens is 170 g/mol. The van der Waals surface area contributed by atoms with Gasteiger partial charge in [-0.3, -0.25) is 0 Å². The van der Waals surface area contributed by atoms with Crippen molar-refractivity contribution in [2.24, 2.45) is 0 Å². The quantitative estimate of drug-likeness (QED) is 0.687.